The first-order valence-corrected chi connectivity index (χ1v) is 10.4. The van der Waals surface area contributed by atoms with Gasteiger partial charge in [0.2, 0.25) is 15.0 Å². The van der Waals surface area contributed by atoms with Crippen molar-refractivity contribution in [2.45, 2.75) is 18.6 Å². The molecule has 8 heteroatoms. The number of benzene rings is 2. The number of imidazole rings is 1. The molecule has 0 bridgehead atoms. The number of hydrogen-bond donors (Lipinski definition) is 1. The number of hydrogen-bond acceptors (Lipinski definition) is 4. The second-order valence-electron chi connectivity index (χ2n) is 6.39. The zero-order valence-corrected chi connectivity index (χ0v) is 16.0. The smallest absolute Gasteiger partial charge is 0.274 e. The maximum absolute atomic E-state index is 13.0. The molecule has 138 valence electrons. The van der Waals surface area contributed by atoms with Gasteiger partial charge >= 0.3 is 0 Å². The van der Waals surface area contributed by atoms with Crippen LogP contribution in [0.25, 0.3) is 11.3 Å². The number of aryl methyl sites for hydroxylation is 1. The van der Waals surface area contributed by atoms with E-state index < -0.39 is 15.7 Å². The molecule has 1 N–H and O–H groups in total. The largest absolute Gasteiger partial charge is 0.321 e. The monoisotopic (exact) mass is 401 g/mol. The lowest BCUT2D eigenvalue weighted by Crippen LogP contribution is -2.17. The molecule has 3 aromatic rings. The second-order valence-corrected chi connectivity index (χ2v) is 8.83. The highest BCUT2D eigenvalue weighted by Crippen LogP contribution is 2.31. The van der Waals surface area contributed by atoms with Crippen molar-refractivity contribution in [3.63, 3.8) is 0 Å². The van der Waals surface area contributed by atoms with E-state index in [1.165, 1.54) is 4.57 Å². The van der Waals surface area contributed by atoms with Crippen LogP contribution in [-0.2, 0) is 16.4 Å². The van der Waals surface area contributed by atoms with E-state index in [9.17, 15) is 13.2 Å². The maximum Gasteiger partial charge on any atom is 0.274 e. The number of halogens is 1. The van der Waals surface area contributed by atoms with Crippen molar-refractivity contribution in [1.29, 1.82) is 0 Å². The summed E-state index contributed by atoms with van der Waals surface area (Å²) in [5, 5.41) is 3.31. The van der Waals surface area contributed by atoms with E-state index in [4.69, 9.17) is 11.6 Å². The molecule has 0 aliphatic carbocycles. The van der Waals surface area contributed by atoms with Crippen LogP contribution in [0.5, 0.6) is 0 Å². The van der Waals surface area contributed by atoms with Gasteiger partial charge in [-0.05, 0) is 31.2 Å². The van der Waals surface area contributed by atoms with Crippen LogP contribution in [0.2, 0.25) is 5.02 Å². The predicted octanol–water partition coefficient (Wildman–Crippen LogP) is 3.55. The summed E-state index contributed by atoms with van der Waals surface area (Å²) in [5.74, 6) is -0.458. The molecule has 27 heavy (non-hydrogen) atoms. The number of anilines is 1. The Hall–Kier alpha value is -2.64. The lowest BCUT2D eigenvalue weighted by atomic mass is 10.1. The minimum absolute atomic E-state index is 0.0545. The summed E-state index contributed by atoms with van der Waals surface area (Å²) in [6.07, 6.45) is 0. The SMILES string of the molecule is Cc1ccc(NC(=O)c2c(-c3ccc(Cl)cc3)nc3n2CCS3(=O)=O)cc1. The molecule has 1 aromatic heterocycles. The van der Waals surface area contributed by atoms with E-state index in [2.05, 4.69) is 10.3 Å². The zero-order chi connectivity index (χ0) is 19.2. The van der Waals surface area contributed by atoms with Crippen molar-refractivity contribution in [3.05, 3.63) is 64.8 Å². The van der Waals surface area contributed by atoms with Crippen molar-refractivity contribution in [2.75, 3.05) is 11.1 Å². The quantitative estimate of drug-likeness (QED) is 0.727. The highest BCUT2D eigenvalue weighted by atomic mass is 35.5. The third kappa shape index (κ3) is 3.24. The molecule has 6 nitrogen and oxygen atoms in total. The molecular formula is C19H16ClN3O3S. The van der Waals surface area contributed by atoms with Crippen LogP contribution >= 0.6 is 11.6 Å². The van der Waals surface area contributed by atoms with Gasteiger partial charge in [-0.1, -0.05) is 41.4 Å². The summed E-state index contributed by atoms with van der Waals surface area (Å²) in [6, 6.07) is 14.2. The average molecular weight is 402 g/mol. The number of aromatic nitrogens is 2. The van der Waals surface area contributed by atoms with Gasteiger partial charge in [-0.15, -0.1) is 0 Å². The Morgan fingerprint density at radius 2 is 1.78 bits per heavy atom. The minimum Gasteiger partial charge on any atom is -0.321 e. The average Bonchev–Trinajstić information content (AvgIpc) is 3.15. The summed E-state index contributed by atoms with van der Waals surface area (Å²) >= 11 is 5.94. The van der Waals surface area contributed by atoms with Gasteiger partial charge in [0.05, 0.1) is 5.75 Å². The van der Waals surface area contributed by atoms with E-state index in [0.29, 0.717) is 22.0 Å². The van der Waals surface area contributed by atoms with E-state index in [-0.39, 0.29) is 23.1 Å². The molecule has 0 radical (unpaired) electrons. The first kappa shape index (κ1) is 17.8. The number of carbonyl (C=O) groups is 1. The molecule has 1 aliphatic rings. The lowest BCUT2D eigenvalue weighted by molar-refractivity contribution is 0.101. The van der Waals surface area contributed by atoms with Gasteiger partial charge in [0, 0.05) is 22.8 Å². The summed E-state index contributed by atoms with van der Waals surface area (Å²) < 4.78 is 26.0. The number of sulfone groups is 1. The molecule has 1 amide bonds. The third-order valence-electron chi connectivity index (χ3n) is 4.44. The fourth-order valence-electron chi connectivity index (χ4n) is 3.05. The first-order valence-electron chi connectivity index (χ1n) is 8.32. The topological polar surface area (TPSA) is 81.1 Å². The van der Waals surface area contributed by atoms with Gasteiger partial charge in [-0.3, -0.25) is 4.79 Å². The minimum atomic E-state index is -3.49. The van der Waals surface area contributed by atoms with E-state index in [0.717, 1.165) is 5.56 Å². The second kappa shape index (κ2) is 6.51. The van der Waals surface area contributed by atoms with Crippen LogP contribution in [0.1, 0.15) is 16.1 Å². The van der Waals surface area contributed by atoms with Crippen LogP contribution in [0.3, 0.4) is 0 Å². The number of nitrogens with one attached hydrogen (secondary N) is 1. The Bertz CT molecular complexity index is 1130. The predicted molar refractivity (Wildman–Crippen MR) is 104 cm³/mol. The molecule has 0 atom stereocenters. The lowest BCUT2D eigenvalue weighted by Gasteiger charge is -2.09. The van der Waals surface area contributed by atoms with Crippen LogP contribution in [0, 0.1) is 6.92 Å². The molecular weight excluding hydrogens is 386 g/mol. The highest BCUT2D eigenvalue weighted by Gasteiger charge is 2.35. The third-order valence-corrected chi connectivity index (χ3v) is 6.28. The molecule has 2 aromatic carbocycles. The number of fused-ring (bicyclic) bond motifs is 1. The Morgan fingerprint density at radius 3 is 2.44 bits per heavy atom. The standard InChI is InChI=1S/C19H16ClN3O3S/c1-12-2-8-15(9-3-12)21-18(24)17-16(13-4-6-14(20)7-5-13)22-19-23(17)10-11-27(19,25)26/h2-9H,10-11H2,1H3,(H,21,24). The number of carbonyl (C=O) groups excluding carboxylic acids is 1. The Morgan fingerprint density at radius 1 is 1.11 bits per heavy atom. The summed E-state index contributed by atoms with van der Waals surface area (Å²) in [6.45, 7) is 2.16. The Kier molecular flexibility index (Phi) is 4.28. The normalized spacial score (nSPS) is 14.7. The molecule has 2 heterocycles. The number of rotatable bonds is 3. The maximum atomic E-state index is 13.0. The van der Waals surface area contributed by atoms with Gasteiger partial charge in [0.15, 0.2) is 0 Å². The fourth-order valence-corrected chi connectivity index (χ4v) is 4.53. The fraction of sp³-hybridized carbons (Fsp3) is 0.158. The van der Waals surface area contributed by atoms with Crippen molar-refractivity contribution in [3.8, 4) is 11.3 Å². The van der Waals surface area contributed by atoms with E-state index in [1.807, 2.05) is 19.1 Å². The molecule has 0 saturated carbocycles. The number of amides is 1. The van der Waals surface area contributed by atoms with Crippen molar-refractivity contribution in [1.82, 2.24) is 9.55 Å². The molecule has 0 saturated heterocycles. The van der Waals surface area contributed by atoms with Gasteiger partial charge in [-0.2, -0.15) is 0 Å². The number of nitrogens with zero attached hydrogens (tertiary/aromatic N) is 2. The van der Waals surface area contributed by atoms with Crippen LogP contribution < -0.4 is 5.32 Å². The molecule has 0 fully saturated rings. The summed E-state index contributed by atoms with van der Waals surface area (Å²) in [4.78, 5) is 17.3. The van der Waals surface area contributed by atoms with Gasteiger partial charge < -0.3 is 9.88 Å². The van der Waals surface area contributed by atoms with E-state index in [1.54, 1.807) is 36.4 Å². The van der Waals surface area contributed by atoms with Crippen LogP contribution in [-0.4, -0.2) is 29.6 Å². The summed E-state index contributed by atoms with van der Waals surface area (Å²) in [7, 11) is -3.49. The van der Waals surface area contributed by atoms with Gasteiger partial charge in [-0.25, -0.2) is 13.4 Å². The molecule has 0 unspecified atom stereocenters. The van der Waals surface area contributed by atoms with Gasteiger partial charge in [0.1, 0.15) is 11.4 Å². The highest BCUT2D eigenvalue weighted by molar-refractivity contribution is 7.91. The molecule has 0 spiro atoms. The van der Waals surface area contributed by atoms with Crippen LogP contribution in [0.4, 0.5) is 5.69 Å². The van der Waals surface area contributed by atoms with Crippen molar-refractivity contribution < 1.29 is 13.2 Å². The Balaban J connectivity index is 1.81. The molecule has 4 rings (SSSR count). The molecule has 1 aliphatic heterocycles. The van der Waals surface area contributed by atoms with Crippen LogP contribution in [0.15, 0.2) is 53.7 Å². The zero-order valence-electron chi connectivity index (χ0n) is 14.4. The Labute approximate surface area is 161 Å². The van der Waals surface area contributed by atoms with Crippen molar-refractivity contribution >= 4 is 33.0 Å². The summed E-state index contributed by atoms with van der Waals surface area (Å²) in [5.41, 5.74) is 2.89. The van der Waals surface area contributed by atoms with E-state index >= 15 is 0 Å². The van der Waals surface area contributed by atoms with Gasteiger partial charge in [0.25, 0.3) is 5.91 Å². The first-order chi connectivity index (χ1) is 12.8. The van der Waals surface area contributed by atoms with Crippen molar-refractivity contribution in [2.24, 2.45) is 0 Å².